The zero-order chi connectivity index (χ0) is 26.2. The molecule has 0 saturated heterocycles. The summed E-state index contributed by atoms with van der Waals surface area (Å²) in [4.78, 5) is 28.4. The molecule has 0 unspecified atom stereocenters. The fourth-order valence-corrected chi connectivity index (χ4v) is 3.68. The van der Waals surface area contributed by atoms with Crippen molar-refractivity contribution in [2.24, 2.45) is 0 Å². The van der Waals surface area contributed by atoms with E-state index >= 15 is 0 Å². The third-order valence-electron chi connectivity index (χ3n) is 5.44. The zero-order valence-corrected chi connectivity index (χ0v) is 20.5. The molecule has 12 nitrogen and oxygen atoms in total. The van der Waals surface area contributed by atoms with Crippen LogP contribution in [-0.4, -0.2) is 65.5 Å². The van der Waals surface area contributed by atoms with E-state index in [4.69, 9.17) is 18.9 Å². The number of rotatable bonds is 6. The minimum atomic E-state index is -0.323. The highest BCUT2D eigenvalue weighted by Crippen LogP contribution is 2.33. The number of nitrogens with one attached hydrogen (secondary N) is 4. The molecule has 2 aromatic heterocycles. The number of amides is 1. The molecule has 196 valence electrons. The molecule has 0 bridgehead atoms. The van der Waals surface area contributed by atoms with Crippen molar-refractivity contribution >= 4 is 45.9 Å². The second-order valence-corrected chi connectivity index (χ2v) is 8.07. The summed E-state index contributed by atoms with van der Waals surface area (Å²) in [6.07, 6.45) is 2.75. The standard InChI is InChI=1S/C26H27N7O5/c1-2-22(34)30-18-5-3-4-6-19(18)31-25-23-24(28-16-27-23)32-26(33-25)29-17-7-8-20-21(15-17)38-14-12-36-10-9-35-11-13-37-20/h2-8,15-16H,1,9-14H2,(H,30,34)(H3,27,28,29,31,32,33). The second kappa shape index (κ2) is 12.0. The number of hydrogen-bond acceptors (Lipinski definition) is 10. The highest BCUT2D eigenvalue weighted by molar-refractivity contribution is 6.01. The van der Waals surface area contributed by atoms with Crippen LogP contribution in [-0.2, 0) is 14.3 Å². The Bertz CT molecular complexity index is 1420. The Hall–Kier alpha value is -4.68. The highest BCUT2D eigenvalue weighted by atomic mass is 16.6. The predicted molar refractivity (Wildman–Crippen MR) is 143 cm³/mol. The summed E-state index contributed by atoms with van der Waals surface area (Å²) in [6.45, 7) is 6.18. The van der Waals surface area contributed by atoms with Gasteiger partial charge in [0.25, 0.3) is 0 Å². The van der Waals surface area contributed by atoms with Crippen LogP contribution in [0.25, 0.3) is 11.2 Å². The van der Waals surface area contributed by atoms with Gasteiger partial charge in [-0.05, 0) is 30.3 Å². The van der Waals surface area contributed by atoms with E-state index < -0.39 is 0 Å². The van der Waals surface area contributed by atoms with E-state index in [-0.39, 0.29) is 5.91 Å². The van der Waals surface area contributed by atoms with Crippen LogP contribution in [0.3, 0.4) is 0 Å². The van der Waals surface area contributed by atoms with Crippen LogP contribution >= 0.6 is 0 Å². The molecular weight excluding hydrogens is 490 g/mol. The molecule has 38 heavy (non-hydrogen) atoms. The molecule has 5 rings (SSSR count). The molecular formula is C26H27N7O5. The van der Waals surface area contributed by atoms with Gasteiger partial charge in [-0.3, -0.25) is 4.79 Å². The molecule has 0 spiro atoms. The van der Waals surface area contributed by atoms with Crippen molar-refractivity contribution in [2.45, 2.75) is 0 Å². The maximum atomic E-state index is 11.9. The highest BCUT2D eigenvalue weighted by Gasteiger charge is 2.14. The summed E-state index contributed by atoms with van der Waals surface area (Å²) >= 11 is 0. The van der Waals surface area contributed by atoms with Crippen LogP contribution in [0.5, 0.6) is 11.5 Å². The molecule has 1 aliphatic rings. The van der Waals surface area contributed by atoms with Crippen LogP contribution in [0.2, 0.25) is 0 Å². The summed E-state index contributed by atoms with van der Waals surface area (Å²) in [5, 5.41) is 9.26. The topological polar surface area (TPSA) is 145 Å². The Balaban J connectivity index is 1.40. The Morgan fingerprint density at radius 3 is 2.42 bits per heavy atom. The van der Waals surface area contributed by atoms with Gasteiger partial charge < -0.3 is 39.9 Å². The monoisotopic (exact) mass is 517 g/mol. The lowest BCUT2D eigenvalue weighted by Gasteiger charge is -2.16. The van der Waals surface area contributed by atoms with Crippen molar-refractivity contribution in [3.63, 3.8) is 0 Å². The van der Waals surface area contributed by atoms with E-state index in [9.17, 15) is 4.79 Å². The number of para-hydroxylation sites is 2. The number of benzene rings is 2. The third kappa shape index (κ3) is 6.17. The van der Waals surface area contributed by atoms with Gasteiger partial charge in [-0.15, -0.1) is 0 Å². The van der Waals surface area contributed by atoms with Gasteiger partial charge in [0.15, 0.2) is 28.5 Å². The van der Waals surface area contributed by atoms with E-state index in [0.717, 1.165) is 0 Å². The first-order valence-corrected chi connectivity index (χ1v) is 12.0. The number of ether oxygens (including phenoxy) is 4. The molecule has 1 aliphatic heterocycles. The van der Waals surface area contributed by atoms with Crippen molar-refractivity contribution < 1.29 is 23.7 Å². The second-order valence-electron chi connectivity index (χ2n) is 8.07. The van der Waals surface area contributed by atoms with Gasteiger partial charge in [-0.2, -0.15) is 9.97 Å². The minimum absolute atomic E-state index is 0.322. The Labute approximate surface area is 218 Å². The summed E-state index contributed by atoms with van der Waals surface area (Å²) in [7, 11) is 0. The van der Waals surface area contributed by atoms with Crippen molar-refractivity contribution in [3.05, 3.63) is 61.4 Å². The number of carbonyl (C=O) groups is 1. The van der Waals surface area contributed by atoms with Crippen LogP contribution in [0.15, 0.2) is 61.4 Å². The number of imidazole rings is 1. The van der Waals surface area contributed by atoms with Crippen molar-refractivity contribution in [2.75, 3.05) is 55.6 Å². The van der Waals surface area contributed by atoms with Gasteiger partial charge in [0.05, 0.1) is 44.1 Å². The number of aromatic nitrogens is 4. The van der Waals surface area contributed by atoms with E-state index in [1.54, 1.807) is 12.4 Å². The fourth-order valence-electron chi connectivity index (χ4n) is 3.68. The van der Waals surface area contributed by atoms with Gasteiger partial charge in [0, 0.05) is 11.8 Å². The van der Waals surface area contributed by atoms with Crippen LogP contribution in [0.4, 0.5) is 28.8 Å². The van der Waals surface area contributed by atoms with E-state index in [1.807, 2.05) is 36.4 Å². The maximum Gasteiger partial charge on any atom is 0.247 e. The van der Waals surface area contributed by atoms with Gasteiger partial charge in [-0.25, -0.2) is 4.98 Å². The first-order valence-electron chi connectivity index (χ1n) is 12.0. The number of carbonyl (C=O) groups excluding carboxylic acids is 1. The molecule has 0 saturated carbocycles. The minimum Gasteiger partial charge on any atom is -0.487 e. The largest absolute Gasteiger partial charge is 0.487 e. The average molecular weight is 518 g/mol. The molecule has 2 aromatic carbocycles. The summed E-state index contributed by atoms with van der Waals surface area (Å²) in [6, 6.07) is 12.7. The molecule has 0 radical (unpaired) electrons. The Morgan fingerprint density at radius 1 is 0.895 bits per heavy atom. The number of H-pyrrole nitrogens is 1. The predicted octanol–water partition coefficient (Wildman–Crippen LogP) is 3.77. The van der Waals surface area contributed by atoms with Crippen molar-refractivity contribution in [1.29, 1.82) is 0 Å². The molecule has 3 heterocycles. The van der Waals surface area contributed by atoms with E-state index in [0.29, 0.717) is 91.1 Å². The Kier molecular flexibility index (Phi) is 7.92. The lowest BCUT2D eigenvalue weighted by atomic mass is 10.2. The van der Waals surface area contributed by atoms with Crippen molar-refractivity contribution in [3.8, 4) is 11.5 Å². The lowest BCUT2D eigenvalue weighted by molar-refractivity contribution is -0.111. The first-order chi connectivity index (χ1) is 18.7. The Morgan fingerprint density at radius 2 is 1.63 bits per heavy atom. The van der Waals surface area contributed by atoms with E-state index in [2.05, 4.69) is 42.5 Å². The van der Waals surface area contributed by atoms with Crippen molar-refractivity contribution in [1.82, 2.24) is 19.9 Å². The third-order valence-corrected chi connectivity index (χ3v) is 5.44. The number of aromatic amines is 1. The molecule has 4 aromatic rings. The van der Waals surface area contributed by atoms with E-state index in [1.165, 1.54) is 6.08 Å². The molecule has 4 N–H and O–H groups in total. The average Bonchev–Trinajstić information content (AvgIpc) is 3.39. The number of anilines is 5. The van der Waals surface area contributed by atoms with Crippen LogP contribution < -0.4 is 25.4 Å². The molecule has 0 aliphatic carbocycles. The van der Waals surface area contributed by atoms with Crippen LogP contribution in [0.1, 0.15) is 0 Å². The van der Waals surface area contributed by atoms with Gasteiger partial charge in [0.1, 0.15) is 13.2 Å². The first kappa shape index (κ1) is 25.0. The number of nitrogens with zero attached hydrogens (tertiary/aromatic N) is 3. The smallest absolute Gasteiger partial charge is 0.247 e. The summed E-state index contributed by atoms with van der Waals surface area (Å²) < 4.78 is 22.7. The van der Waals surface area contributed by atoms with Gasteiger partial charge >= 0.3 is 0 Å². The molecule has 1 amide bonds. The zero-order valence-electron chi connectivity index (χ0n) is 20.5. The molecule has 12 heteroatoms. The maximum absolute atomic E-state index is 11.9. The molecule has 0 fully saturated rings. The quantitative estimate of drug-likeness (QED) is 0.279. The number of hydrogen-bond donors (Lipinski definition) is 4. The van der Waals surface area contributed by atoms with Crippen LogP contribution in [0, 0.1) is 0 Å². The summed E-state index contributed by atoms with van der Waals surface area (Å²) in [5.74, 6) is 1.61. The SMILES string of the molecule is C=CC(=O)Nc1ccccc1Nc1nc(Nc2ccc3c(c2)OCCOCCOCCO3)nc2[nH]cnc12. The number of fused-ring (bicyclic) bond motifs is 2. The molecule has 0 atom stereocenters. The van der Waals surface area contributed by atoms with Gasteiger partial charge in [-0.1, -0.05) is 18.7 Å². The normalized spacial score (nSPS) is 14.1. The fraction of sp³-hybridized carbons (Fsp3) is 0.231. The summed E-state index contributed by atoms with van der Waals surface area (Å²) in [5.41, 5.74) is 2.96. The lowest BCUT2D eigenvalue weighted by Crippen LogP contribution is -2.15. The van der Waals surface area contributed by atoms with Gasteiger partial charge in [0.2, 0.25) is 11.9 Å².